The Morgan fingerprint density at radius 1 is 0.333 bits per heavy atom. The van der Waals surface area contributed by atoms with Crippen LogP contribution in [0.15, 0.2) is 252 Å². The molecule has 0 spiro atoms. The molecule has 0 unspecified atom stereocenters. The van der Waals surface area contributed by atoms with Crippen molar-refractivity contribution < 1.29 is 97.8 Å². The summed E-state index contributed by atoms with van der Waals surface area (Å²) in [5.74, 6) is 3.00. The normalized spacial score (nSPS) is 10.4. The molecular weight excluding hydrogens is 1170 g/mol. The second-order valence-corrected chi connectivity index (χ2v) is 16.5. The molecule has 0 heterocycles. The second-order valence-electron chi connectivity index (χ2n) is 16.5. The maximum atomic E-state index is 10.1. The number of methoxy groups -OCH3 is 4. The molecule has 0 bridgehead atoms. The Morgan fingerprint density at radius 2 is 0.556 bits per heavy atom. The van der Waals surface area contributed by atoms with Crippen LogP contribution >= 0.6 is 0 Å². The van der Waals surface area contributed by atoms with Gasteiger partial charge in [0.15, 0.2) is 0 Å². The van der Waals surface area contributed by atoms with Crippen molar-refractivity contribution in [1.29, 1.82) is 0 Å². The average molecular weight is 1240 g/mol. The van der Waals surface area contributed by atoms with Gasteiger partial charge in [-0.3, -0.25) is 0 Å². The summed E-state index contributed by atoms with van der Waals surface area (Å²) in [5, 5.41) is 49.7. The van der Waals surface area contributed by atoms with E-state index >= 15 is 0 Å². The van der Waals surface area contributed by atoms with Crippen molar-refractivity contribution in [2.45, 2.75) is 54.1 Å². The first kappa shape index (κ1) is 74.1. The third-order valence-electron chi connectivity index (χ3n) is 10.4. The molecule has 15 heteroatoms. The summed E-state index contributed by atoms with van der Waals surface area (Å²) in [5.41, 5.74) is 10.0. The summed E-state index contributed by atoms with van der Waals surface area (Å²) in [7, 11) is 6.56. The van der Waals surface area contributed by atoms with Gasteiger partial charge in [0.25, 0.3) is 0 Å². The van der Waals surface area contributed by atoms with E-state index in [4.69, 9.17) is 18.9 Å². The van der Waals surface area contributed by atoms with Crippen LogP contribution in [0.5, 0.6) is 23.0 Å². The van der Waals surface area contributed by atoms with E-state index in [1.54, 1.807) is 28.4 Å². The van der Waals surface area contributed by atoms with Gasteiger partial charge in [0, 0.05) is 11.4 Å². The van der Waals surface area contributed by atoms with Gasteiger partial charge < -0.3 is 50.0 Å². The van der Waals surface area contributed by atoms with Gasteiger partial charge in [0.2, 0.25) is 0 Å². The van der Waals surface area contributed by atoms with E-state index < -0.39 is 0 Å². The molecule has 0 radical (unpaired) electrons. The summed E-state index contributed by atoms with van der Waals surface area (Å²) in [6.45, 7) is 7.31. The van der Waals surface area contributed by atoms with Gasteiger partial charge in [-0.05, 0) is 50.2 Å². The van der Waals surface area contributed by atoms with Gasteiger partial charge in [0.05, 0.1) is 28.4 Å². The van der Waals surface area contributed by atoms with Crippen LogP contribution in [-0.2, 0) is 84.9 Å². The quantitative estimate of drug-likeness (QED) is 0.0676. The van der Waals surface area contributed by atoms with E-state index in [9.17, 15) is 20.4 Å². The van der Waals surface area contributed by atoms with E-state index in [1.165, 1.54) is 0 Å². The number of allylic oxidation sites excluding steroid dienone is 4. The monoisotopic (exact) mass is 1240 g/mol. The van der Waals surface area contributed by atoms with Crippen LogP contribution in [0, 0.1) is 0 Å². The van der Waals surface area contributed by atoms with Gasteiger partial charge in [-0.1, -0.05) is 242 Å². The predicted octanol–water partition coefficient (Wildman–Crippen LogP) is 13.0. The first-order valence-electron chi connectivity index (χ1n) is 24.9. The van der Waals surface area contributed by atoms with Gasteiger partial charge in [-0.15, -0.1) is 26.4 Å². The molecule has 0 amide bonds. The van der Waals surface area contributed by atoms with Gasteiger partial charge in [-0.2, -0.15) is 11.4 Å². The van der Waals surface area contributed by atoms with Crippen molar-refractivity contribution in [3.8, 4) is 23.0 Å². The van der Waals surface area contributed by atoms with Crippen molar-refractivity contribution in [2.75, 3.05) is 28.4 Å². The molecule has 0 N–H and O–H groups in total. The van der Waals surface area contributed by atoms with Crippen LogP contribution in [0.4, 0.5) is 22.7 Å². The summed E-state index contributed by atoms with van der Waals surface area (Å²) in [6, 6.07) is 67.8. The Hall–Kier alpha value is -6.91. The van der Waals surface area contributed by atoms with Crippen LogP contribution in [-0.4, -0.2) is 39.9 Å². The molecule has 0 saturated heterocycles. The number of hydrogen-bond donors (Lipinski definition) is 0. The standard InChI is InChI=1S/2C19H21N2O2.4C7H7O.3Zn/c2*1-14(20-16-9-5-7-11-18(16)22-3)13-15(2)21-17-10-6-8-12-19(17)23-4;4*8-6-7-4-2-1-3-5-7;;;/h2*5-13H,1-4H3;4*1-5H,6H2;;;/q6*-1;3*+2/b2*14-13-,21-15?;;;;;;;. The van der Waals surface area contributed by atoms with E-state index in [1.807, 2.05) is 258 Å². The van der Waals surface area contributed by atoms with Gasteiger partial charge in [0.1, 0.15) is 34.4 Å². The van der Waals surface area contributed by atoms with Gasteiger partial charge >= 0.3 is 58.4 Å². The van der Waals surface area contributed by atoms with Gasteiger partial charge in [-0.25, -0.2) is 9.98 Å². The first-order valence-corrected chi connectivity index (χ1v) is 24.9. The zero-order chi connectivity index (χ0) is 56.6. The summed E-state index contributed by atoms with van der Waals surface area (Å²) >= 11 is 0. The van der Waals surface area contributed by atoms with Crippen molar-refractivity contribution in [1.82, 2.24) is 0 Å². The molecule has 0 aliphatic heterocycles. The van der Waals surface area contributed by atoms with Crippen LogP contribution < -0.4 is 39.4 Å². The molecular formula is C66H70N4O8Zn3. The number of hydrogen-bond acceptors (Lipinski definition) is 10. The third-order valence-corrected chi connectivity index (χ3v) is 10.4. The predicted molar refractivity (Wildman–Crippen MR) is 312 cm³/mol. The molecule has 0 fully saturated rings. The van der Waals surface area contributed by atoms with Crippen molar-refractivity contribution in [3.63, 3.8) is 0 Å². The Kier molecular flexibility index (Phi) is 41.9. The minimum Gasteiger partial charge on any atom is -0.851 e. The van der Waals surface area contributed by atoms with Crippen LogP contribution in [0.2, 0.25) is 0 Å². The first-order chi connectivity index (χ1) is 38.0. The van der Waals surface area contributed by atoms with Crippen molar-refractivity contribution in [3.05, 3.63) is 275 Å². The smallest absolute Gasteiger partial charge is 0.851 e. The van der Waals surface area contributed by atoms with Crippen molar-refractivity contribution in [2.24, 2.45) is 9.98 Å². The Morgan fingerprint density at radius 3 is 0.790 bits per heavy atom. The SMILES string of the molecule is COc1ccccc1N=C(C)/C=C(/C)[N-]c1ccccc1OC.COc1ccccc1N=C(C)/C=C(/C)[N-]c1ccccc1OC.[O-]Cc1ccccc1.[O-]Cc1ccccc1.[O-]Cc1ccccc1.[O-]Cc1ccccc1.[Zn+2].[Zn+2].[Zn+2]. The fourth-order valence-electron chi connectivity index (χ4n) is 6.68. The molecule has 0 aliphatic carbocycles. The Balaban J connectivity index is 0.00000101. The Labute approximate surface area is 518 Å². The molecule has 12 nitrogen and oxygen atoms in total. The number of nitrogens with zero attached hydrogens (tertiary/aromatic N) is 4. The van der Waals surface area contributed by atoms with E-state index in [0.29, 0.717) is 0 Å². The minimum atomic E-state index is -0.110. The number of para-hydroxylation sites is 8. The molecule has 408 valence electrons. The Bertz CT molecular complexity index is 2720. The fourth-order valence-corrected chi connectivity index (χ4v) is 6.68. The molecule has 8 aromatic rings. The zero-order valence-corrected chi connectivity index (χ0v) is 56.8. The molecule has 0 saturated carbocycles. The molecule has 0 aliphatic rings. The molecule has 81 heavy (non-hydrogen) atoms. The fraction of sp³-hybridized carbons (Fsp3) is 0.182. The zero-order valence-electron chi connectivity index (χ0n) is 47.9. The molecule has 8 rings (SSSR count). The summed E-state index contributed by atoms with van der Waals surface area (Å²) in [6.07, 6.45) is 3.86. The van der Waals surface area contributed by atoms with E-state index in [0.717, 1.165) is 90.8 Å². The maximum absolute atomic E-state index is 10.1. The largest absolute Gasteiger partial charge is 2.00 e. The number of ether oxygens (including phenoxy) is 4. The van der Waals surface area contributed by atoms with E-state index in [2.05, 4.69) is 20.6 Å². The number of aliphatic imine (C=N–C) groups is 2. The maximum Gasteiger partial charge on any atom is 2.00 e. The van der Waals surface area contributed by atoms with E-state index in [-0.39, 0.29) is 84.9 Å². The van der Waals surface area contributed by atoms with Crippen LogP contribution in [0.3, 0.4) is 0 Å². The number of benzene rings is 8. The minimum absolute atomic E-state index is 0. The van der Waals surface area contributed by atoms with Crippen LogP contribution in [0.25, 0.3) is 10.6 Å². The van der Waals surface area contributed by atoms with Crippen molar-refractivity contribution >= 4 is 34.2 Å². The molecule has 8 aromatic carbocycles. The van der Waals surface area contributed by atoms with Crippen LogP contribution in [0.1, 0.15) is 49.9 Å². The molecule has 0 aromatic heterocycles. The summed E-state index contributed by atoms with van der Waals surface area (Å²) < 4.78 is 21.2. The topological polar surface area (TPSA) is 182 Å². The average Bonchev–Trinajstić information content (AvgIpc) is 3.49. The summed E-state index contributed by atoms with van der Waals surface area (Å²) in [4.78, 5) is 9.16. The third kappa shape index (κ3) is 31.0. The second kappa shape index (κ2) is 45.8. The number of rotatable bonds is 16. The molecule has 0 atom stereocenters.